The lowest BCUT2D eigenvalue weighted by Crippen LogP contribution is -2.25. The zero-order chi connectivity index (χ0) is 13.3. The molecule has 1 unspecified atom stereocenters. The van der Waals surface area contributed by atoms with Gasteiger partial charge < -0.3 is 10.6 Å². The SMILES string of the molecule is NCC1CCN(c2cc(Br)ccc2C(F)(F)F)C1. The smallest absolute Gasteiger partial charge is 0.371 e. The maximum Gasteiger partial charge on any atom is 0.418 e. The second-order valence-electron chi connectivity index (χ2n) is 4.50. The number of benzene rings is 1. The molecule has 18 heavy (non-hydrogen) atoms. The van der Waals surface area contributed by atoms with Crippen LogP contribution in [0.15, 0.2) is 22.7 Å². The Balaban J connectivity index is 2.34. The van der Waals surface area contributed by atoms with E-state index >= 15 is 0 Å². The molecule has 0 aromatic heterocycles. The van der Waals surface area contributed by atoms with Crippen LogP contribution in [0.1, 0.15) is 12.0 Å². The molecule has 1 aliphatic rings. The first-order chi connectivity index (χ1) is 8.41. The Morgan fingerprint density at radius 3 is 2.67 bits per heavy atom. The van der Waals surface area contributed by atoms with E-state index in [1.807, 2.05) is 0 Å². The highest BCUT2D eigenvalue weighted by molar-refractivity contribution is 9.10. The van der Waals surface area contributed by atoms with Gasteiger partial charge in [0.1, 0.15) is 0 Å². The Morgan fingerprint density at radius 1 is 1.39 bits per heavy atom. The van der Waals surface area contributed by atoms with Crippen molar-refractivity contribution >= 4 is 21.6 Å². The first-order valence-electron chi connectivity index (χ1n) is 5.73. The molecule has 2 nitrogen and oxygen atoms in total. The average Bonchev–Trinajstić information content (AvgIpc) is 2.75. The summed E-state index contributed by atoms with van der Waals surface area (Å²) in [7, 11) is 0. The van der Waals surface area contributed by atoms with Crippen molar-refractivity contribution in [2.45, 2.75) is 12.6 Å². The fourth-order valence-corrected chi connectivity index (χ4v) is 2.60. The molecular formula is C12H14BrF3N2. The molecule has 0 bridgehead atoms. The van der Waals surface area contributed by atoms with E-state index in [9.17, 15) is 13.2 Å². The van der Waals surface area contributed by atoms with Crippen molar-refractivity contribution in [3.63, 3.8) is 0 Å². The maximum atomic E-state index is 12.9. The van der Waals surface area contributed by atoms with Gasteiger partial charge in [0.25, 0.3) is 0 Å². The minimum Gasteiger partial charge on any atom is -0.371 e. The number of hydrogen-bond acceptors (Lipinski definition) is 2. The highest BCUT2D eigenvalue weighted by atomic mass is 79.9. The molecule has 1 atom stereocenters. The van der Waals surface area contributed by atoms with Crippen molar-refractivity contribution in [2.24, 2.45) is 11.7 Å². The zero-order valence-corrected chi connectivity index (χ0v) is 11.3. The lowest BCUT2D eigenvalue weighted by molar-refractivity contribution is -0.137. The van der Waals surface area contributed by atoms with Crippen LogP contribution in [0.2, 0.25) is 0 Å². The summed E-state index contributed by atoms with van der Waals surface area (Å²) in [6.07, 6.45) is -3.48. The minimum absolute atomic E-state index is 0.243. The van der Waals surface area contributed by atoms with Crippen molar-refractivity contribution in [1.29, 1.82) is 0 Å². The molecule has 1 aromatic rings. The van der Waals surface area contributed by atoms with Crippen LogP contribution in [0.4, 0.5) is 18.9 Å². The molecule has 1 fully saturated rings. The van der Waals surface area contributed by atoms with Crippen LogP contribution in [0.5, 0.6) is 0 Å². The molecule has 6 heteroatoms. The van der Waals surface area contributed by atoms with Crippen LogP contribution >= 0.6 is 15.9 Å². The van der Waals surface area contributed by atoms with Crippen LogP contribution in [0, 0.1) is 5.92 Å². The van der Waals surface area contributed by atoms with Gasteiger partial charge >= 0.3 is 6.18 Å². The molecule has 100 valence electrons. The number of hydrogen-bond donors (Lipinski definition) is 1. The number of rotatable bonds is 2. The topological polar surface area (TPSA) is 29.3 Å². The molecule has 0 amide bonds. The summed E-state index contributed by atoms with van der Waals surface area (Å²) in [5, 5.41) is 0. The number of anilines is 1. The molecule has 2 rings (SSSR count). The Bertz CT molecular complexity index is 434. The first kappa shape index (κ1) is 13.7. The summed E-state index contributed by atoms with van der Waals surface area (Å²) in [5.41, 5.74) is 5.23. The molecule has 1 aromatic carbocycles. The van der Waals surface area contributed by atoms with Crippen molar-refractivity contribution in [1.82, 2.24) is 0 Å². The summed E-state index contributed by atoms with van der Waals surface area (Å²) in [6, 6.07) is 4.07. The zero-order valence-electron chi connectivity index (χ0n) is 9.67. The molecular weight excluding hydrogens is 309 g/mol. The Hall–Kier alpha value is -0.750. The van der Waals surface area contributed by atoms with Gasteiger partial charge in [0.2, 0.25) is 0 Å². The van der Waals surface area contributed by atoms with E-state index in [2.05, 4.69) is 15.9 Å². The van der Waals surface area contributed by atoms with Gasteiger partial charge in [-0.05, 0) is 37.1 Å². The molecule has 0 aliphatic carbocycles. The molecule has 0 saturated carbocycles. The van der Waals surface area contributed by atoms with Crippen molar-refractivity contribution in [3.8, 4) is 0 Å². The summed E-state index contributed by atoms with van der Waals surface area (Å²) < 4.78 is 39.5. The second kappa shape index (κ2) is 5.09. The van der Waals surface area contributed by atoms with Gasteiger partial charge in [-0.3, -0.25) is 0 Å². The number of halogens is 4. The minimum atomic E-state index is -4.32. The predicted molar refractivity (Wildman–Crippen MR) is 68.5 cm³/mol. The van der Waals surface area contributed by atoms with E-state index in [0.29, 0.717) is 24.1 Å². The summed E-state index contributed by atoms with van der Waals surface area (Å²) in [4.78, 5) is 1.77. The van der Waals surface area contributed by atoms with Crippen LogP contribution < -0.4 is 10.6 Å². The van der Waals surface area contributed by atoms with Gasteiger partial charge in [-0.2, -0.15) is 13.2 Å². The quantitative estimate of drug-likeness (QED) is 0.905. The second-order valence-corrected chi connectivity index (χ2v) is 5.41. The van der Waals surface area contributed by atoms with E-state index in [1.165, 1.54) is 12.1 Å². The predicted octanol–water partition coefficient (Wildman–Crippen LogP) is 3.25. The fraction of sp³-hybridized carbons (Fsp3) is 0.500. The van der Waals surface area contributed by atoms with E-state index in [-0.39, 0.29) is 11.6 Å². The number of nitrogens with zero attached hydrogens (tertiary/aromatic N) is 1. The first-order valence-corrected chi connectivity index (χ1v) is 6.53. The lowest BCUT2D eigenvalue weighted by atomic mass is 10.1. The van der Waals surface area contributed by atoms with Gasteiger partial charge in [-0.15, -0.1) is 0 Å². The van der Waals surface area contributed by atoms with Crippen molar-refractivity contribution in [3.05, 3.63) is 28.2 Å². The third-order valence-corrected chi connectivity index (χ3v) is 3.72. The average molecular weight is 323 g/mol. The van der Waals surface area contributed by atoms with Crippen LogP contribution in [0.25, 0.3) is 0 Å². The molecule has 1 saturated heterocycles. The van der Waals surface area contributed by atoms with E-state index < -0.39 is 11.7 Å². The highest BCUT2D eigenvalue weighted by Crippen LogP contribution is 2.39. The Labute approximate surface area is 112 Å². The molecule has 1 aliphatic heterocycles. The van der Waals surface area contributed by atoms with Crippen molar-refractivity contribution < 1.29 is 13.2 Å². The third kappa shape index (κ3) is 2.80. The number of nitrogens with two attached hydrogens (primary N) is 1. The highest BCUT2D eigenvalue weighted by Gasteiger charge is 2.36. The molecule has 0 radical (unpaired) electrons. The lowest BCUT2D eigenvalue weighted by Gasteiger charge is -2.23. The van der Waals surface area contributed by atoms with Gasteiger partial charge in [0.05, 0.1) is 11.3 Å². The monoisotopic (exact) mass is 322 g/mol. The third-order valence-electron chi connectivity index (χ3n) is 3.23. The summed E-state index contributed by atoms with van der Waals surface area (Å²) >= 11 is 3.22. The Morgan fingerprint density at radius 2 is 2.11 bits per heavy atom. The van der Waals surface area contributed by atoms with Crippen LogP contribution in [-0.4, -0.2) is 19.6 Å². The van der Waals surface area contributed by atoms with Gasteiger partial charge in [-0.1, -0.05) is 15.9 Å². The van der Waals surface area contributed by atoms with Gasteiger partial charge in [0, 0.05) is 17.6 Å². The molecule has 0 spiro atoms. The largest absolute Gasteiger partial charge is 0.418 e. The van der Waals surface area contributed by atoms with Gasteiger partial charge in [-0.25, -0.2) is 0 Å². The molecule has 1 heterocycles. The number of alkyl halides is 3. The fourth-order valence-electron chi connectivity index (χ4n) is 2.25. The Kier molecular flexibility index (Phi) is 3.87. The van der Waals surface area contributed by atoms with Crippen LogP contribution in [0.3, 0.4) is 0 Å². The summed E-state index contributed by atoms with van der Waals surface area (Å²) in [6.45, 7) is 1.74. The standard InChI is InChI=1S/C12H14BrF3N2/c13-9-1-2-10(12(14,15)16)11(5-9)18-4-3-8(6-17)7-18/h1-2,5,8H,3-4,6-7,17H2. The normalized spacial score (nSPS) is 20.5. The van der Waals surface area contributed by atoms with Gasteiger partial charge in [0.15, 0.2) is 0 Å². The maximum absolute atomic E-state index is 12.9. The van der Waals surface area contributed by atoms with E-state index in [1.54, 1.807) is 4.90 Å². The van der Waals surface area contributed by atoms with Crippen LogP contribution in [-0.2, 0) is 6.18 Å². The van der Waals surface area contributed by atoms with Crippen molar-refractivity contribution in [2.75, 3.05) is 24.5 Å². The van der Waals surface area contributed by atoms with E-state index in [4.69, 9.17) is 5.73 Å². The summed E-state index contributed by atoms with van der Waals surface area (Å²) in [5.74, 6) is 0.282. The molecule has 2 N–H and O–H groups in total. The van der Waals surface area contributed by atoms with E-state index in [0.717, 1.165) is 12.5 Å².